The van der Waals surface area contributed by atoms with Gasteiger partial charge in [0.2, 0.25) is 10.0 Å². The molecule has 1 aromatic heterocycles. The lowest BCUT2D eigenvalue weighted by atomic mass is 10.3. The second-order valence-electron chi connectivity index (χ2n) is 7.02. The van der Waals surface area contributed by atoms with Crippen molar-refractivity contribution >= 4 is 45.6 Å². The van der Waals surface area contributed by atoms with Gasteiger partial charge in [0.1, 0.15) is 12.0 Å². The number of sulfonamides is 1. The van der Waals surface area contributed by atoms with Crippen LogP contribution in [0.4, 0.5) is 5.69 Å². The first-order valence-corrected chi connectivity index (χ1v) is 11.9. The molecule has 0 unspecified atom stereocenters. The van der Waals surface area contributed by atoms with Gasteiger partial charge in [-0.05, 0) is 25.5 Å². The molecule has 0 saturated carbocycles. The minimum Gasteiger partial charge on any atom is -0.385 e. The third-order valence-corrected chi connectivity index (χ3v) is 6.60. The highest BCUT2D eigenvalue weighted by molar-refractivity contribution is 14.0. The number of rotatable bonds is 9. The van der Waals surface area contributed by atoms with Crippen molar-refractivity contribution in [2.75, 3.05) is 51.1 Å². The van der Waals surface area contributed by atoms with E-state index in [4.69, 9.17) is 9.52 Å². The third kappa shape index (κ3) is 7.96. The summed E-state index contributed by atoms with van der Waals surface area (Å²) in [7, 11) is -3.40. The van der Waals surface area contributed by atoms with Gasteiger partial charge in [-0.3, -0.25) is 4.99 Å². The van der Waals surface area contributed by atoms with Gasteiger partial charge in [-0.15, -0.1) is 24.0 Å². The van der Waals surface area contributed by atoms with E-state index in [0.29, 0.717) is 38.4 Å². The van der Waals surface area contributed by atoms with Crippen molar-refractivity contribution < 1.29 is 12.9 Å². The average molecular weight is 562 g/mol. The highest BCUT2D eigenvalue weighted by atomic mass is 127. The van der Waals surface area contributed by atoms with Gasteiger partial charge < -0.3 is 20.1 Å². The largest absolute Gasteiger partial charge is 0.385 e. The van der Waals surface area contributed by atoms with Crippen molar-refractivity contribution in [2.24, 2.45) is 4.99 Å². The zero-order valence-corrected chi connectivity index (χ0v) is 20.9. The zero-order chi connectivity index (χ0) is 21.2. The van der Waals surface area contributed by atoms with Crippen LogP contribution in [-0.4, -0.2) is 74.6 Å². The smallest absolute Gasteiger partial charge is 0.220 e. The lowest BCUT2D eigenvalue weighted by Crippen LogP contribution is -2.53. The fraction of sp³-hybridized carbons (Fsp3) is 0.500. The molecular formula is C20H31IN6O3S. The average Bonchev–Trinajstić information content (AvgIpc) is 3.26. The van der Waals surface area contributed by atoms with Crippen LogP contribution in [0.1, 0.15) is 19.0 Å². The second-order valence-corrected chi connectivity index (χ2v) is 8.98. The summed E-state index contributed by atoms with van der Waals surface area (Å²) >= 11 is 0. The Bertz CT molecular complexity index is 885. The van der Waals surface area contributed by atoms with Crippen molar-refractivity contribution in [3.05, 3.63) is 48.4 Å². The first-order valence-electron chi connectivity index (χ1n) is 10.3. The molecule has 1 aliphatic heterocycles. The Labute approximate surface area is 201 Å². The van der Waals surface area contributed by atoms with Crippen LogP contribution in [0.15, 0.2) is 52.2 Å². The molecule has 2 heterocycles. The summed E-state index contributed by atoms with van der Waals surface area (Å²) in [5.41, 5.74) is 1.53. The van der Waals surface area contributed by atoms with Crippen LogP contribution in [0, 0.1) is 0 Å². The number of piperazine rings is 1. The Morgan fingerprint density at radius 3 is 2.55 bits per heavy atom. The molecule has 11 heteroatoms. The molecule has 1 aliphatic rings. The van der Waals surface area contributed by atoms with E-state index in [2.05, 4.69) is 20.7 Å². The van der Waals surface area contributed by atoms with Gasteiger partial charge >= 0.3 is 0 Å². The maximum absolute atomic E-state index is 12.6. The maximum atomic E-state index is 12.6. The van der Waals surface area contributed by atoms with Crippen molar-refractivity contribution in [3.8, 4) is 0 Å². The highest BCUT2D eigenvalue weighted by Crippen LogP contribution is 2.13. The molecular weight excluding hydrogens is 531 g/mol. The molecule has 0 atom stereocenters. The quantitative estimate of drug-likeness (QED) is 0.209. The van der Waals surface area contributed by atoms with Crippen LogP contribution < -0.4 is 10.6 Å². The lowest BCUT2D eigenvalue weighted by Gasteiger charge is -2.35. The van der Waals surface area contributed by atoms with Crippen LogP contribution in [0.5, 0.6) is 0 Å². The molecule has 31 heavy (non-hydrogen) atoms. The number of guanidine groups is 1. The summed E-state index contributed by atoms with van der Waals surface area (Å²) in [6.07, 6.45) is 2.30. The zero-order valence-electron chi connectivity index (χ0n) is 17.7. The fourth-order valence-electron chi connectivity index (χ4n) is 3.25. The van der Waals surface area contributed by atoms with E-state index in [1.54, 1.807) is 6.07 Å². The standard InChI is InChI=1S/C20H30N6O3S.HI/c1-2-21-20(23-11-6-10-22-18-7-4-3-5-8-18)25-12-14-26(15-13-25)30(27,28)17-19-9-16-29-24-19;/h3-5,7-9,16,22H,2,6,10-15,17H2,1H3,(H,21,23);1H. The number of para-hydroxylation sites is 1. The van der Waals surface area contributed by atoms with E-state index in [1.807, 2.05) is 37.3 Å². The van der Waals surface area contributed by atoms with E-state index in [1.165, 1.54) is 10.6 Å². The second kappa shape index (κ2) is 12.9. The number of hydrogen-bond donors (Lipinski definition) is 2. The van der Waals surface area contributed by atoms with Gasteiger partial charge in [0.05, 0.1) is 5.69 Å². The van der Waals surface area contributed by atoms with Gasteiger partial charge in [-0.1, -0.05) is 23.4 Å². The summed E-state index contributed by atoms with van der Waals surface area (Å²) < 4.78 is 31.4. The lowest BCUT2D eigenvalue weighted by molar-refractivity contribution is 0.260. The summed E-state index contributed by atoms with van der Waals surface area (Å²) in [5, 5.41) is 10.4. The Kier molecular flexibility index (Phi) is 10.5. The number of nitrogens with zero attached hydrogens (tertiary/aromatic N) is 4. The molecule has 0 bridgehead atoms. The van der Waals surface area contributed by atoms with Crippen molar-refractivity contribution in [3.63, 3.8) is 0 Å². The number of hydrogen-bond acceptors (Lipinski definition) is 6. The third-order valence-electron chi connectivity index (χ3n) is 4.79. The number of nitrogens with one attached hydrogen (secondary N) is 2. The molecule has 1 saturated heterocycles. The van der Waals surface area contributed by atoms with Crippen LogP contribution >= 0.6 is 24.0 Å². The van der Waals surface area contributed by atoms with Crippen LogP contribution in [-0.2, 0) is 15.8 Å². The first-order chi connectivity index (χ1) is 14.6. The van der Waals surface area contributed by atoms with E-state index in [0.717, 1.165) is 31.2 Å². The molecule has 0 spiro atoms. The fourth-order valence-corrected chi connectivity index (χ4v) is 4.67. The van der Waals surface area contributed by atoms with Gasteiger partial charge in [0.25, 0.3) is 0 Å². The molecule has 9 nitrogen and oxygen atoms in total. The number of aliphatic imine (C=N–C) groups is 1. The minimum atomic E-state index is -3.40. The van der Waals surface area contributed by atoms with E-state index >= 15 is 0 Å². The van der Waals surface area contributed by atoms with E-state index in [-0.39, 0.29) is 29.7 Å². The van der Waals surface area contributed by atoms with Crippen LogP contribution in [0.25, 0.3) is 0 Å². The number of benzene rings is 1. The molecule has 2 N–H and O–H groups in total. The molecule has 0 aliphatic carbocycles. The summed E-state index contributed by atoms with van der Waals surface area (Å²) in [5.74, 6) is 0.706. The Morgan fingerprint density at radius 1 is 1.16 bits per heavy atom. The molecule has 1 aromatic carbocycles. The maximum Gasteiger partial charge on any atom is 0.220 e. The highest BCUT2D eigenvalue weighted by Gasteiger charge is 2.28. The van der Waals surface area contributed by atoms with Crippen molar-refractivity contribution in [1.82, 2.24) is 19.7 Å². The summed E-state index contributed by atoms with van der Waals surface area (Å²) in [4.78, 5) is 6.84. The van der Waals surface area contributed by atoms with Gasteiger partial charge in [0, 0.05) is 57.6 Å². The Morgan fingerprint density at radius 2 is 1.90 bits per heavy atom. The number of aromatic nitrogens is 1. The Balaban J connectivity index is 0.00000341. The molecule has 2 aromatic rings. The summed E-state index contributed by atoms with van der Waals surface area (Å²) in [6, 6.07) is 11.7. The molecule has 1 fully saturated rings. The Hall–Kier alpha value is -1.86. The monoisotopic (exact) mass is 562 g/mol. The van der Waals surface area contributed by atoms with Crippen LogP contribution in [0.3, 0.4) is 0 Å². The van der Waals surface area contributed by atoms with Gasteiger partial charge in [-0.25, -0.2) is 8.42 Å². The first kappa shape index (κ1) is 25.4. The minimum absolute atomic E-state index is 0. The molecule has 3 rings (SSSR count). The molecule has 0 amide bonds. The topological polar surface area (TPSA) is 103 Å². The molecule has 172 valence electrons. The summed E-state index contributed by atoms with van der Waals surface area (Å²) in [6.45, 7) is 6.42. The van der Waals surface area contributed by atoms with Gasteiger partial charge in [-0.2, -0.15) is 4.31 Å². The number of halogens is 1. The molecule has 0 radical (unpaired) electrons. The van der Waals surface area contributed by atoms with E-state index < -0.39 is 10.0 Å². The predicted molar refractivity (Wildman–Crippen MR) is 133 cm³/mol. The van der Waals surface area contributed by atoms with Gasteiger partial charge in [0.15, 0.2) is 5.96 Å². The van der Waals surface area contributed by atoms with Crippen LogP contribution in [0.2, 0.25) is 0 Å². The van der Waals surface area contributed by atoms with E-state index in [9.17, 15) is 8.42 Å². The predicted octanol–water partition coefficient (Wildman–Crippen LogP) is 2.21. The van der Waals surface area contributed by atoms with Crippen molar-refractivity contribution in [2.45, 2.75) is 19.1 Å². The van der Waals surface area contributed by atoms with Crippen molar-refractivity contribution in [1.29, 1.82) is 0 Å². The SMILES string of the molecule is CCNC(=NCCCNc1ccccc1)N1CCN(S(=O)(=O)Cc2ccon2)CC1.I. The normalized spacial score (nSPS) is 15.4. The number of anilines is 1.